The van der Waals surface area contributed by atoms with E-state index in [4.69, 9.17) is 0 Å². The van der Waals surface area contributed by atoms with E-state index < -0.39 is 0 Å². The molecule has 0 aromatic carbocycles. The van der Waals surface area contributed by atoms with Crippen LogP contribution in [0.25, 0.3) is 0 Å². The molecule has 0 bridgehead atoms. The van der Waals surface area contributed by atoms with Crippen molar-refractivity contribution in [3.63, 3.8) is 0 Å². The quantitative estimate of drug-likeness (QED) is 0.379. The largest absolute Gasteiger partial charge is 0.0991 e. The van der Waals surface area contributed by atoms with Crippen LogP contribution in [-0.4, -0.2) is 0 Å². The van der Waals surface area contributed by atoms with E-state index in [1.807, 2.05) is 12.2 Å². The second-order valence-corrected chi connectivity index (χ2v) is 4.50. The van der Waals surface area contributed by atoms with Gasteiger partial charge in [-0.2, -0.15) is 0 Å². The molecule has 0 atom stereocenters. The van der Waals surface area contributed by atoms with E-state index in [0.29, 0.717) is 0 Å². The van der Waals surface area contributed by atoms with E-state index in [2.05, 4.69) is 37.5 Å². The summed E-state index contributed by atoms with van der Waals surface area (Å²) in [6.45, 7) is 7.53. The van der Waals surface area contributed by atoms with Crippen molar-refractivity contribution < 1.29 is 0 Å². The van der Waals surface area contributed by atoms with Gasteiger partial charge >= 0.3 is 0 Å². The topological polar surface area (TPSA) is 0 Å². The third-order valence-corrected chi connectivity index (χ3v) is 3.10. The highest BCUT2D eigenvalue weighted by molar-refractivity contribution is 5.22. The van der Waals surface area contributed by atoms with Crippen molar-refractivity contribution in [1.29, 1.82) is 0 Å². The normalized spacial score (nSPS) is 15.5. The molecule has 0 aromatic rings. The van der Waals surface area contributed by atoms with Gasteiger partial charge in [0, 0.05) is 0 Å². The Morgan fingerprint density at radius 3 is 2.71 bits per heavy atom. The molecule has 1 aliphatic carbocycles. The van der Waals surface area contributed by atoms with Crippen LogP contribution in [0.1, 0.15) is 44.9 Å². The Morgan fingerprint density at radius 1 is 1.18 bits per heavy atom. The smallest absolute Gasteiger partial charge is 0.0279 e. The van der Waals surface area contributed by atoms with Gasteiger partial charge in [0.1, 0.15) is 0 Å². The Labute approximate surface area is 106 Å². The molecule has 0 saturated heterocycles. The van der Waals surface area contributed by atoms with Gasteiger partial charge in [0.05, 0.1) is 0 Å². The number of hydrogen-bond acceptors (Lipinski definition) is 0. The first-order valence-corrected chi connectivity index (χ1v) is 6.66. The fraction of sp³-hybridized carbons (Fsp3) is 0.412. The predicted octanol–water partition coefficient (Wildman–Crippen LogP) is 5.51. The van der Waals surface area contributed by atoms with Crippen molar-refractivity contribution in [3.8, 4) is 0 Å². The van der Waals surface area contributed by atoms with Crippen molar-refractivity contribution in [3.05, 3.63) is 60.8 Å². The Morgan fingerprint density at radius 2 is 2.06 bits per heavy atom. The standard InChI is InChI=1S/C17H24/c1-3-11-16(4-2)12-7-5-8-13-17-14-9-6-10-15-17/h3-4,9,11,14-15H,1-2,5-8,10,12-13H2/b16-11+. The maximum absolute atomic E-state index is 3.82. The van der Waals surface area contributed by atoms with E-state index in [0.717, 1.165) is 6.42 Å². The Balaban J connectivity index is 2.10. The minimum atomic E-state index is 1.13. The van der Waals surface area contributed by atoms with E-state index in [1.54, 1.807) is 0 Å². The van der Waals surface area contributed by atoms with Gasteiger partial charge in [-0.25, -0.2) is 0 Å². The highest BCUT2D eigenvalue weighted by Crippen LogP contribution is 2.18. The van der Waals surface area contributed by atoms with Gasteiger partial charge in [0.25, 0.3) is 0 Å². The molecule has 0 heteroatoms. The third kappa shape index (κ3) is 6.11. The summed E-state index contributed by atoms with van der Waals surface area (Å²) in [4.78, 5) is 0. The lowest BCUT2D eigenvalue weighted by molar-refractivity contribution is 0.679. The van der Waals surface area contributed by atoms with Crippen LogP contribution in [-0.2, 0) is 0 Å². The van der Waals surface area contributed by atoms with Gasteiger partial charge in [-0.3, -0.25) is 0 Å². The summed E-state index contributed by atoms with van der Waals surface area (Å²) in [5.74, 6) is 0. The molecule has 1 rings (SSSR count). The summed E-state index contributed by atoms with van der Waals surface area (Å²) in [6.07, 6.45) is 21.5. The summed E-state index contributed by atoms with van der Waals surface area (Å²) in [5, 5.41) is 0. The fourth-order valence-electron chi connectivity index (χ4n) is 2.09. The first-order valence-electron chi connectivity index (χ1n) is 6.66. The molecular weight excluding hydrogens is 204 g/mol. The lowest BCUT2D eigenvalue weighted by Gasteiger charge is -2.06. The van der Waals surface area contributed by atoms with Crippen LogP contribution >= 0.6 is 0 Å². The van der Waals surface area contributed by atoms with E-state index in [9.17, 15) is 0 Å². The molecule has 0 unspecified atom stereocenters. The van der Waals surface area contributed by atoms with Crippen molar-refractivity contribution in [2.45, 2.75) is 44.9 Å². The zero-order valence-electron chi connectivity index (χ0n) is 10.8. The van der Waals surface area contributed by atoms with Gasteiger partial charge in [-0.05, 0) is 44.1 Å². The minimum absolute atomic E-state index is 1.13. The fourth-order valence-corrected chi connectivity index (χ4v) is 2.09. The van der Waals surface area contributed by atoms with Gasteiger partial charge in [-0.1, -0.05) is 61.6 Å². The van der Waals surface area contributed by atoms with E-state index in [1.165, 1.54) is 49.7 Å². The molecule has 0 nitrogen and oxygen atoms in total. The molecule has 0 aromatic heterocycles. The molecule has 0 heterocycles. The molecule has 0 radical (unpaired) electrons. The molecule has 0 saturated carbocycles. The summed E-state index contributed by atoms with van der Waals surface area (Å²) in [5.41, 5.74) is 2.83. The maximum Gasteiger partial charge on any atom is -0.0279 e. The van der Waals surface area contributed by atoms with Crippen LogP contribution in [0.15, 0.2) is 60.8 Å². The Hall–Kier alpha value is -1.30. The maximum atomic E-state index is 3.82. The van der Waals surface area contributed by atoms with Crippen molar-refractivity contribution >= 4 is 0 Å². The number of allylic oxidation sites excluding steroid dienone is 8. The zero-order chi connectivity index (χ0) is 12.3. The van der Waals surface area contributed by atoms with Crippen LogP contribution in [0, 0.1) is 0 Å². The highest BCUT2D eigenvalue weighted by Gasteiger charge is 1.98. The van der Waals surface area contributed by atoms with Crippen LogP contribution in [0.2, 0.25) is 0 Å². The van der Waals surface area contributed by atoms with Crippen LogP contribution in [0.5, 0.6) is 0 Å². The summed E-state index contributed by atoms with van der Waals surface area (Å²) >= 11 is 0. The summed E-state index contributed by atoms with van der Waals surface area (Å²) in [6, 6.07) is 0. The third-order valence-electron chi connectivity index (χ3n) is 3.10. The van der Waals surface area contributed by atoms with Gasteiger partial charge < -0.3 is 0 Å². The average Bonchev–Trinajstić information content (AvgIpc) is 2.38. The lowest BCUT2D eigenvalue weighted by atomic mass is 10.00. The predicted molar refractivity (Wildman–Crippen MR) is 78.0 cm³/mol. The first-order chi connectivity index (χ1) is 8.36. The van der Waals surface area contributed by atoms with Gasteiger partial charge in [-0.15, -0.1) is 0 Å². The molecule has 0 amide bonds. The Kier molecular flexibility index (Phi) is 7.13. The second-order valence-electron chi connectivity index (χ2n) is 4.50. The monoisotopic (exact) mass is 228 g/mol. The van der Waals surface area contributed by atoms with Crippen LogP contribution < -0.4 is 0 Å². The molecule has 0 fully saturated rings. The van der Waals surface area contributed by atoms with Gasteiger partial charge in [0.15, 0.2) is 0 Å². The number of hydrogen-bond donors (Lipinski definition) is 0. The minimum Gasteiger partial charge on any atom is -0.0991 e. The van der Waals surface area contributed by atoms with Crippen molar-refractivity contribution in [1.82, 2.24) is 0 Å². The lowest BCUT2D eigenvalue weighted by Crippen LogP contribution is -1.87. The molecule has 17 heavy (non-hydrogen) atoms. The van der Waals surface area contributed by atoms with Crippen LogP contribution in [0.4, 0.5) is 0 Å². The zero-order valence-corrected chi connectivity index (χ0v) is 10.8. The Bertz CT molecular complexity index is 326. The molecule has 0 N–H and O–H groups in total. The van der Waals surface area contributed by atoms with E-state index >= 15 is 0 Å². The van der Waals surface area contributed by atoms with Crippen molar-refractivity contribution in [2.75, 3.05) is 0 Å². The summed E-state index contributed by atoms with van der Waals surface area (Å²) < 4.78 is 0. The highest BCUT2D eigenvalue weighted by atomic mass is 14.0. The van der Waals surface area contributed by atoms with Crippen LogP contribution in [0.3, 0.4) is 0 Å². The molecule has 92 valence electrons. The molecule has 0 spiro atoms. The average molecular weight is 228 g/mol. The molecule has 0 aliphatic heterocycles. The molecule has 1 aliphatic rings. The van der Waals surface area contributed by atoms with Gasteiger partial charge in [0.2, 0.25) is 0 Å². The number of rotatable bonds is 8. The number of unbranched alkanes of at least 4 members (excludes halogenated alkanes) is 2. The second kappa shape index (κ2) is 8.81. The first kappa shape index (κ1) is 13.8. The van der Waals surface area contributed by atoms with Crippen molar-refractivity contribution in [2.24, 2.45) is 0 Å². The summed E-state index contributed by atoms with van der Waals surface area (Å²) in [7, 11) is 0. The van der Waals surface area contributed by atoms with E-state index in [-0.39, 0.29) is 0 Å². The SMILES string of the molecule is C=C/C=C(\C=C)CCCCCC1=CCCC=C1. The molecular formula is C17H24.